The summed E-state index contributed by atoms with van der Waals surface area (Å²) in [6, 6.07) is 10.2. The Hall–Kier alpha value is -2.43. The van der Waals surface area contributed by atoms with Gasteiger partial charge in [-0.3, -0.25) is 4.79 Å². The molecule has 2 rings (SSSR count). The van der Waals surface area contributed by atoms with Gasteiger partial charge in [0.25, 0.3) is 5.91 Å². The van der Waals surface area contributed by atoms with Crippen LogP contribution in [0.15, 0.2) is 42.6 Å². The molecule has 2 N–H and O–H groups in total. The molecule has 0 bridgehead atoms. The molecule has 0 aliphatic carbocycles. The number of carbonyl (C=O) groups excluding carboxylic acids is 1. The SMILES string of the molecule is CCCCNC(=O)c1ccc(NCCc2ccccc2F)cn1. The Morgan fingerprint density at radius 1 is 1.17 bits per heavy atom. The standard InChI is InChI=1S/C18H22FN3O/c1-2-3-11-21-18(23)17-9-8-15(13-22-17)20-12-10-14-6-4-5-7-16(14)19/h4-9,13,20H,2-3,10-12H2,1H3,(H,21,23). The molecule has 23 heavy (non-hydrogen) atoms. The fourth-order valence-electron chi connectivity index (χ4n) is 2.14. The predicted octanol–water partition coefficient (Wildman–Crippen LogP) is 3.41. The van der Waals surface area contributed by atoms with Crippen molar-refractivity contribution >= 4 is 11.6 Å². The number of amides is 1. The second-order valence-corrected chi connectivity index (χ2v) is 5.31. The maximum atomic E-state index is 13.5. The molecule has 5 heteroatoms. The van der Waals surface area contributed by atoms with Crippen LogP contribution in [0.1, 0.15) is 35.8 Å². The van der Waals surface area contributed by atoms with Gasteiger partial charge in [-0.1, -0.05) is 31.5 Å². The molecule has 0 spiro atoms. The number of carbonyl (C=O) groups is 1. The van der Waals surface area contributed by atoms with Crippen LogP contribution in [0.4, 0.5) is 10.1 Å². The van der Waals surface area contributed by atoms with E-state index in [1.54, 1.807) is 24.4 Å². The average Bonchev–Trinajstić information content (AvgIpc) is 2.57. The number of nitrogens with zero attached hydrogens (tertiary/aromatic N) is 1. The van der Waals surface area contributed by atoms with Crippen molar-refractivity contribution < 1.29 is 9.18 Å². The minimum absolute atomic E-state index is 0.156. The molecule has 0 aliphatic rings. The van der Waals surface area contributed by atoms with Crippen LogP contribution in [-0.2, 0) is 6.42 Å². The highest BCUT2D eigenvalue weighted by molar-refractivity contribution is 5.92. The van der Waals surface area contributed by atoms with E-state index in [0.29, 0.717) is 30.8 Å². The van der Waals surface area contributed by atoms with Gasteiger partial charge in [-0.05, 0) is 36.6 Å². The number of anilines is 1. The molecule has 0 atom stereocenters. The van der Waals surface area contributed by atoms with Crippen molar-refractivity contribution in [2.24, 2.45) is 0 Å². The zero-order valence-electron chi connectivity index (χ0n) is 13.3. The van der Waals surface area contributed by atoms with Crippen LogP contribution in [0.2, 0.25) is 0 Å². The summed E-state index contributed by atoms with van der Waals surface area (Å²) in [7, 11) is 0. The Morgan fingerprint density at radius 2 is 2.00 bits per heavy atom. The summed E-state index contributed by atoms with van der Waals surface area (Å²) in [6.45, 7) is 3.34. The number of nitrogens with one attached hydrogen (secondary N) is 2. The summed E-state index contributed by atoms with van der Waals surface area (Å²) < 4.78 is 13.5. The van der Waals surface area contributed by atoms with E-state index in [2.05, 4.69) is 22.5 Å². The lowest BCUT2D eigenvalue weighted by atomic mass is 10.1. The van der Waals surface area contributed by atoms with Crippen LogP contribution in [0.5, 0.6) is 0 Å². The molecule has 0 fully saturated rings. The van der Waals surface area contributed by atoms with Crippen molar-refractivity contribution in [3.63, 3.8) is 0 Å². The molecule has 1 heterocycles. The molecule has 122 valence electrons. The van der Waals surface area contributed by atoms with Crippen LogP contribution in [0.3, 0.4) is 0 Å². The minimum Gasteiger partial charge on any atom is -0.383 e. The van der Waals surface area contributed by atoms with Gasteiger partial charge in [0.05, 0.1) is 11.9 Å². The summed E-state index contributed by atoms with van der Waals surface area (Å²) in [5.41, 5.74) is 1.90. The molecule has 4 nitrogen and oxygen atoms in total. The van der Waals surface area contributed by atoms with Gasteiger partial charge in [0.15, 0.2) is 0 Å². The highest BCUT2D eigenvalue weighted by Crippen LogP contribution is 2.09. The van der Waals surface area contributed by atoms with Crippen molar-refractivity contribution in [2.45, 2.75) is 26.2 Å². The van der Waals surface area contributed by atoms with E-state index >= 15 is 0 Å². The number of halogens is 1. The number of hydrogen-bond donors (Lipinski definition) is 2. The largest absolute Gasteiger partial charge is 0.383 e. The fourth-order valence-corrected chi connectivity index (χ4v) is 2.14. The Labute approximate surface area is 136 Å². The lowest BCUT2D eigenvalue weighted by Crippen LogP contribution is -2.25. The Morgan fingerprint density at radius 3 is 2.70 bits per heavy atom. The number of unbranched alkanes of at least 4 members (excludes halogenated alkanes) is 1. The van der Waals surface area contributed by atoms with Gasteiger partial charge >= 0.3 is 0 Å². The van der Waals surface area contributed by atoms with Gasteiger partial charge in [0, 0.05) is 13.1 Å². The Balaban J connectivity index is 1.81. The molecule has 0 aliphatic heterocycles. The maximum absolute atomic E-state index is 13.5. The predicted molar refractivity (Wildman–Crippen MR) is 90.1 cm³/mol. The third-order valence-corrected chi connectivity index (χ3v) is 3.49. The second kappa shape index (κ2) is 8.88. The highest BCUT2D eigenvalue weighted by Gasteiger charge is 2.06. The lowest BCUT2D eigenvalue weighted by molar-refractivity contribution is 0.0948. The normalized spacial score (nSPS) is 10.3. The summed E-state index contributed by atoms with van der Waals surface area (Å²) in [5, 5.41) is 6.00. The van der Waals surface area contributed by atoms with Crippen LogP contribution in [-0.4, -0.2) is 24.0 Å². The van der Waals surface area contributed by atoms with Crippen LogP contribution in [0, 0.1) is 5.82 Å². The van der Waals surface area contributed by atoms with E-state index in [4.69, 9.17) is 0 Å². The van der Waals surface area contributed by atoms with E-state index in [-0.39, 0.29) is 11.7 Å². The van der Waals surface area contributed by atoms with Gasteiger partial charge in [0.1, 0.15) is 11.5 Å². The van der Waals surface area contributed by atoms with Gasteiger partial charge in [-0.15, -0.1) is 0 Å². The molecule has 0 radical (unpaired) electrons. The van der Waals surface area contributed by atoms with E-state index in [0.717, 1.165) is 18.5 Å². The van der Waals surface area contributed by atoms with E-state index in [1.165, 1.54) is 6.07 Å². The molecule has 0 saturated heterocycles. The number of pyridine rings is 1. The van der Waals surface area contributed by atoms with Crippen molar-refractivity contribution in [1.29, 1.82) is 0 Å². The van der Waals surface area contributed by atoms with Crippen LogP contribution in [0.25, 0.3) is 0 Å². The zero-order chi connectivity index (χ0) is 16.5. The molecular formula is C18H22FN3O. The molecule has 1 aromatic heterocycles. The lowest BCUT2D eigenvalue weighted by Gasteiger charge is -2.08. The molecule has 1 amide bonds. The number of rotatable bonds is 8. The maximum Gasteiger partial charge on any atom is 0.269 e. The topological polar surface area (TPSA) is 54.0 Å². The minimum atomic E-state index is -0.188. The fraction of sp³-hybridized carbons (Fsp3) is 0.333. The summed E-state index contributed by atoms with van der Waals surface area (Å²) in [6.07, 6.45) is 4.21. The first kappa shape index (κ1) is 16.9. The van der Waals surface area contributed by atoms with Crippen LogP contribution >= 0.6 is 0 Å². The first-order valence-corrected chi connectivity index (χ1v) is 7.92. The Kier molecular flexibility index (Phi) is 6.54. The Bertz CT molecular complexity index is 628. The molecule has 1 aromatic carbocycles. The third kappa shape index (κ3) is 5.36. The van der Waals surface area contributed by atoms with Gasteiger partial charge < -0.3 is 10.6 Å². The smallest absolute Gasteiger partial charge is 0.269 e. The van der Waals surface area contributed by atoms with E-state index < -0.39 is 0 Å². The summed E-state index contributed by atoms with van der Waals surface area (Å²) in [5.74, 6) is -0.345. The van der Waals surface area contributed by atoms with Crippen molar-refractivity contribution in [1.82, 2.24) is 10.3 Å². The van der Waals surface area contributed by atoms with E-state index in [9.17, 15) is 9.18 Å². The quantitative estimate of drug-likeness (QED) is 0.734. The number of aromatic nitrogens is 1. The van der Waals surface area contributed by atoms with E-state index in [1.807, 2.05) is 12.1 Å². The molecular weight excluding hydrogens is 293 g/mol. The highest BCUT2D eigenvalue weighted by atomic mass is 19.1. The number of benzene rings is 1. The molecule has 2 aromatic rings. The average molecular weight is 315 g/mol. The summed E-state index contributed by atoms with van der Waals surface area (Å²) >= 11 is 0. The molecule has 0 unspecified atom stereocenters. The zero-order valence-corrected chi connectivity index (χ0v) is 13.3. The van der Waals surface area contributed by atoms with Crippen LogP contribution < -0.4 is 10.6 Å². The van der Waals surface area contributed by atoms with Crippen molar-refractivity contribution in [2.75, 3.05) is 18.4 Å². The van der Waals surface area contributed by atoms with Gasteiger partial charge in [-0.25, -0.2) is 9.37 Å². The molecule has 0 saturated carbocycles. The monoisotopic (exact) mass is 315 g/mol. The number of hydrogen-bond acceptors (Lipinski definition) is 3. The third-order valence-electron chi connectivity index (χ3n) is 3.49. The second-order valence-electron chi connectivity index (χ2n) is 5.31. The van der Waals surface area contributed by atoms with Crippen molar-refractivity contribution in [3.05, 3.63) is 59.7 Å². The van der Waals surface area contributed by atoms with Crippen molar-refractivity contribution in [3.8, 4) is 0 Å². The first-order chi connectivity index (χ1) is 11.2. The van der Waals surface area contributed by atoms with Gasteiger partial charge in [-0.2, -0.15) is 0 Å². The summed E-state index contributed by atoms with van der Waals surface area (Å²) in [4.78, 5) is 16.0. The first-order valence-electron chi connectivity index (χ1n) is 7.92. The van der Waals surface area contributed by atoms with Gasteiger partial charge in [0.2, 0.25) is 0 Å².